The molecule has 4 heteroatoms. The van der Waals surface area contributed by atoms with Gasteiger partial charge in [-0.1, -0.05) is 18.2 Å². The van der Waals surface area contributed by atoms with Crippen LogP contribution in [0.25, 0.3) is 21.7 Å². The lowest BCUT2D eigenvalue weighted by molar-refractivity contribution is 0.542. The molecule has 84 valence electrons. The van der Waals surface area contributed by atoms with E-state index in [9.17, 15) is 4.79 Å². The highest BCUT2D eigenvalue weighted by Gasteiger charge is 2.08. The molecule has 0 spiro atoms. The maximum atomic E-state index is 11.5. The zero-order valence-electron chi connectivity index (χ0n) is 9.20. The monoisotopic (exact) mass is 226 g/mol. The first-order valence-electron chi connectivity index (χ1n) is 5.27. The summed E-state index contributed by atoms with van der Waals surface area (Å²) in [5.74, 6) is 0. The molecule has 2 aromatic heterocycles. The van der Waals surface area contributed by atoms with Crippen molar-refractivity contribution < 1.29 is 4.42 Å². The average molecular weight is 226 g/mol. The highest BCUT2D eigenvalue weighted by atomic mass is 16.3. The van der Waals surface area contributed by atoms with Crippen LogP contribution in [0.1, 0.15) is 5.69 Å². The van der Waals surface area contributed by atoms with Crippen LogP contribution in [0.2, 0.25) is 0 Å². The van der Waals surface area contributed by atoms with Gasteiger partial charge in [-0.25, -0.2) is 0 Å². The SMILES string of the molecule is Cc1[nH]c(=O)cc2c1c(=N)oc1ccccc12. The van der Waals surface area contributed by atoms with Gasteiger partial charge in [0, 0.05) is 22.5 Å². The lowest BCUT2D eigenvalue weighted by atomic mass is 10.1. The van der Waals surface area contributed by atoms with E-state index in [1.165, 1.54) is 6.07 Å². The number of rotatable bonds is 0. The van der Waals surface area contributed by atoms with Gasteiger partial charge in [0.05, 0.1) is 5.39 Å². The minimum Gasteiger partial charge on any atom is -0.438 e. The zero-order chi connectivity index (χ0) is 12.0. The summed E-state index contributed by atoms with van der Waals surface area (Å²) in [6.45, 7) is 1.77. The third-order valence-electron chi connectivity index (χ3n) is 2.85. The van der Waals surface area contributed by atoms with Crippen LogP contribution in [-0.2, 0) is 0 Å². The number of aromatic nitrogens is 1. The van der Waals surface area contributed by atoms with Crippen LogP contribution >= 0.6 is 0 Å². The van der Waals surface area contributed by atoms with Crippen LogP contribution in [0, 0.1) is 12.3 Å². The summed E-state index contributed by atoms with van der Waals surface area (Å²) < 4.78 is 5.44. The van der Waals surface area contributed by atoms with Crippen LogP contribution in [0.5, 0.6) is 0 Å². The van der Waals surface area contributed by atoms with Crippen LogP contribution < -0.4 is 11.1 Å². The lowest BCUT2D eigenvalue weighted by Gasteiger charge is -2.04. The van der Waals surface area contributed by atoms with E-state index in [0.29, 0.717) is 16.7 Å². The number of pyridine rings is 1. The molecule has 4 nitrogen and oxygen atoms in total. The van der Waals surface area contributed by atoms with Crippen molar-refractivity contribution >= 4 is 21.7 Å². The highest BCUT2D eigenvalue weighted by molar-refractivity contribution is 6.04. The number of H-pyrrole nitrogens is 1. The molecule has 0 bridgehead atoms. The molecule has 0 radical (unpaired) electrons. The van der Waals surface area contributed by atoms with Crippen molar-refractivity contribution in [3.8, 4) is 0 Å². The van der Waals surface area contributed by atoms with E-state index >= 15 is 0 Å². The van der Waals surface area contributed by atoms with Gasteiger partial charge in [-0.2, -0.15) is 0 Å². The molecule has 3 aromatic rings. The van der Waals surface area contributed by atoms with E-state index in [1.807, 2.05) is 18.2 Å². The van der Waals surface area contributed by atoms with Crippen molar-refractivity contribution in [1.82, 2.24) is 4.98 Å². The van der Waals surface area contributed by atoms with Crippen molar-refractivity contribution in [2.24, 2.45) is 0 Å². The zero-order valence-corrected chi connectivity index (χ0v) is 9.20. The number of hydrogen-bond acceptors (Lipinski definition) is 3. The molecule has 0 atom stereocenters. The number of para-hydroxylation sites is 1. The van der Waals surface area contributed by atoms with Crippen molar-refractivity contribution in [2.45, 2.75) is 6.92 Å². The molecule has 0 fully saturated rings. The molecule has 0 saturated heterocycles. The molecule has 2 N–H and O–H groups in total. The molecule has 0 aliphatic heterocycles. The molecule has 17 heavy (non-hydrogen) atoms. The van der Waals surface area contributed by atoms with Gasteiger partial charge < -0.3 is 9.40 Å². The standard InChI is InChI=1S/C13H10N2O2/c1-7-12-9(6-11(16)15-7)8-4-2-3-5-10(8)17-13(12)14/h2-6,14H,1H3,(H,15,16). The Morgan fingerprint density at radius 1 is 1.24 bits per heavy atom. The maximum absolute atomic E-state index is 11.5. The molecule has 1 aromatic carbocycles. The fourth-order valence-electron chi connectivity index (χ4n) is 2.13. The van der Waals surface area contributed by atoms with Gasteiger partial charge in [0.2, 0.25) is 11.1 Å². The van der Waals surface area contributed by atoms with Crippen molar-refractivity contribution in [3.63, 3.8) is 0 Å². The second-order valence-corrected chi connectivity index (χ2v) is 3.97. The number of fused-ring (bicyclic) bond motifs is 3. The first-order chi connectivity index (χ1) is 8.16. The number of hydrogen-bond donors (Lipinski definition) is 2. The van der Waals surface area contributed by atoms with Crippen LogP contribution in [0.15, 0.2) is 39.5 Å². The molecular weight excluding hydrogens is 216 g/mol. The Kier molecular flexibility index (Phi) is 1.92. The first-order valence-corrected chi connectivity index (χ1v) is 5.27. The maximum Gasteiger partial charge on any atom is 0.248 e. The van der Waals surface area contributed by atoms with Gasteiger partial charge in [0.1, 0.15) is 5.58 Å². The normalized spacial score (nSPS) is 11.1. The minimum atomic E-state index is -0.161. The fraction of sp³-hybridized carbons (Fsp3) is 0.0769. The molecule has 0 unspecified atom stereocenters. The molecule has 0 amide bonds. The van der Waals surface area contributed by atoms with Crippen LogP contribution in [0.4, 0.5) is 0 Å². The number of benzene rings is 1. The largest absolute Gasteiger partial charge is 0.438 e. The third kappa shape index (κ3) is 1.38. The summed E-state index contributed by atoms with van der Waals surface area (Å²) in [6, 6.07) is 8.93. The van der Waals surface area contributed by atoms with E-state index in [0.717, 1.165) is 10.8 Å². The van der Waals surface area contributed by atoms with Gasteiger partial charge >= 0.3 is 0 Å². The second kappa shape index (κ2) is 3.31. The van der Waals surface area contributed by atoms with E-state index in [2.05, 4.69) is 4.98 Å². The molecule has 3 rings (SSSR count). The Morgan fingerprint density at radius 2 is 2.00 bits per heavy atom. The van der Waals surface area contributed by atoms with Gasteiger partial charge in [-0.15, -0.1) is 0 Å². The van der Waals surface area contributed by atoms with Gasteiger partial charge in [0.15, 0.2) is 0 Å². The van der Waals surface area contributed by atoms with Crippen molar-refractivity contribution in [2.75, 3.05) is 0 Å². The Balaban J connectivity index is 2.75. The molecule has 2 heterocycles. The molecular formula is C13H10N2O2. The number of nitrogens with one attached hydrogen (secondary N) is 2. The van der Waals surface area contributed by atoms with Crippen LogP contribution in [0.3, 0.4) is 0 Å². The van der Waals surface area contributed by atoms with E-state index < -0.39 is 0 Å². The van der Waals surface area contributed by atoms with Crippen LogP contribution in [-0.4, -0.2) is 4.98 Å². The predicted octanol–water partition coefficient (Wildman–Crippen LogP) is 2.06. The topological polar surface area (TPSA) is 69.8 Å². The lowest BCUT2D eigenvalue weighted by Crippen LogP contribution is -2.11. The summed E-state index contributed by atoms with van der Waals surface area (Å²) in [5.41, 5.74) is 1.19. The van der Waals surface area contributed by atoms with Gasteiger partial charge in [0.25, 0.3) is 0 Å². The highest BCUT2D eigenvalue weighted by Crippen LogP contribution is 2.21. The van der Waals surface area contributed by atoms with E-state index in [4.69, 9.17) is 9.83 Å². The molecule has 0 aliphatic carbocycles. The summed E-state index contributed by atoms with van der Waals surface area (Å²) in [5, 5.41) is 10.1. The smallest absolute Gasteiger partial charge is 0.248 e. The Bertz CT molecular complexity index is 843. The summed E-state index contributed by atoms with van der Waals surface area (Å²) in [6.07, 6.45) is 0. The second-order valence-electron chi connectivity index (χ2n) is 3.97. The average Bonchev–Trinajstić information content (AvgIpc) is 2.28. The summed E-state index contributed by atoms with van der Waals surface area (Å²) >= 11 is 0. The first kappa shape index (κ1) is 9.84. The van der Waals surface area contributed by atoms with Crippen molar-refractivity contribution in [1.29, 1.82) is 5.41 Å². The Morgan fingerprint density at radius 3 is 2.82 bits per heavy atom. The predicted molar refractivity (Wildman–Crippen MR) is 64.9 cm³/mol. The fourth-order valence-corrected chi connectivity index (χ4v) is 2.13. The van der Waals surface area contributed by atoms with Gasteiger partial charge in [-0.05, 0) is 13.0 Å². The quantitative estimate of drug-likeness (QED) is 0.576. The van der Waals surface area contributed by atoms with E-state index in [1.54, 1.807) is 13.0 Å². The summed E-state index contributed by atoms with van der Waals surface area (Å²) in [7, 11) is 0. The van der Waals surface area contributed by atoms with E-state index in [-0.39, 0.29) is 11.1 Å². The number of aromatic amines is 1. The van der Waals surface area contributed by atoms with Gasteiger partial charge in [-0.3, -0.25) is 10.2 Å². The molecule has 0 aliphatic rings. The van der Waals surface area contributed by atoms with Crippen molar-refractivity contribution in [3.05, 3.63) is 51.9 Å². The third-order valence-corrected chi connectivity index (χ3v) is 2.85. The molecule has 0 saturated carbocycles. The summed E-state index contributed by atoms with van der Waals surface area (Å²) in [4.78, 5) is 14.2. The Hall–Kier alpha value is -2.36. The Labute approximate surface area is 96.0 Å². The minimum absolute atomic E-state index is 0.0763. The number of aryl methyl sites for hydroxylation is 1.